The molecular formula is C12H19NO5. The van der Waals surface area contributed by atoms with Gasteiger partial charge in [0.25, 0.3) is 0 Å². The van der Waals surface area contributed by atoms with Gasteiger partial charge >= 0.3 is 11.9 Å². The maximum Gasteiger partial charge on any atom is 0.353 e. The van der Waals surface area contributed by atoms with Crippen molar-refractivity contribution >= 4 is 23.4 Å². The zero-order chi connectivity index (χ0) is 14.5. The molecule has 0 radical (unpaired) electrons. The first kappa shape index (κ1) is 16.3. The van der Waals surface area contributed by atoms with Crippen molar-refractivity contribution in [1.82, 2.24) is 0 Å². The molecule has 0 spiro atoms. The second-order valence-electron chi connectivity index (χ2n) is 4.71. The molecule has 0 heterocycles. The Morgan fingerprint density at radius 2 is 1.72 bits per heavy atom. The molecule has 1 atom stereocenters. The lowest BCUT2D eigenvalue weighted by Crippen LogP contribution is -2.39. The molecule has 0 bridgehead atoms. The van der Waals surface area contributed by atoms with Gasteiger partial charge in [0.15, 0.2) is 5.92 Å². The van der Waals surface area contributed by atoms with E-state index in [1.54, 1.807) is 27.7 Å². The van der Waals surface area contributed by atoms with Gasteiger partial charge in [-0.25, -0.2) is 4.79 Å². The van der Waals surface area contributed by atoms with E-state index in [4.69, 9.17) is 10.1 Å². The summed E-state index contributed by atoms with van der Waals surface area (Å²) in [5.41, 5.74) is -1.49. The summed E-state index contributed by atoms with van der Waals surface area (Å²) in [5, 5.41) is 7.53. The van der Waals surface area contributed by atoms with E-state index in [1.165, 1.54) is 0 Å². The van der Waals surface area contributed by atoms with Crippen LogP contribution in [0.1, 0.15) is 34.6 Å². The SMILES string of the molecule is CCOC(=O)C(=N)C(C(C)=O)C(=O)OC(C)(C)C. The average molecular weight is 257 g/mol. The molecule has 0 aromatic rings. The molecule has 0 saturated heterocycles. The highest BCUT2D eigenvalue weighted by Crippen LogP contribution is 2.13. The van der Waals surface area contributed by atoms with Crippen LogP contribution in [-0.4, -0.2) is 35.6 Å². The second kappa shape index (κ2) is 6.28. The monoisotopic (exact) mass is 257 g/mol. The highest BCUT2D eigenvalue weighted by Gasteiger charge is 2.36. The number of hydrogen-bond acceptors (Lipinski definition) is 6. The molecule has 0 aromatic heterocycles. The summed E-state index contributed by atoms with van der Waals surface area (Å²) in [6.45, 7) is 7.67. The van der Waals surface area contributed by atoms with E-state index in [2.05, 4.69) is 4.74 Å². The van der Waals surface area contributed by atoms with E-state index in [1.807, 2.05) is 0 Å². The van der Waals surface area contributed by atoms with E-state index >= 15 is 0 Å². The summed E-state index contributed by atoms with van der Waals surface area (Å²) < 4.78 is 9.59. The third-order valence-electron chi connectivity index (χ3n) is 1.83. The molecule has 6 nitrogen and oxygen atoms in total. The summed E-state index contributed by atoms with van der Waals surface area (Å²) in [5.74, 6) is -4.04. The highest BCUT2D eigenvalue weighted by molar-refractivity contribution is 6.44. The van der Waals surface area contributed by atoms with Crippen LogP contribution in [0.5, 0.6) is 0 Å². The summed E-state index contributed by atoms with van der Waals surface area (Å²) >= 11 is 0. The van der Waals surface area contributed by atoms with E-state index in [-0.39, 0.29) is 6.61 Å². The van der Waals surface area contributed by atoms with Crippen LogP contribution in [0.2, 0.25) is 0 Å². The van der Waals surface area contributed by atoms with Crippen LogP contribution in [0.3, 0.4) is 0 Å². The lowest BCUT2D eigenvalue weighted by Gasteiger charge is -2.22. The molecule has 0 aliphatic carbocycles. The van der Waals surface area contributed by atoms with Crippen LogP contribution < -0.4 is 0 Å². The van der Waals surface area contributed by atoms with Crippen molar-refractivity contribution < 1.29 is 23.9 Å². The number of rotatable bonds is 5. The van der Waals surface area contributed by atoms with E-state index in [0.717, 1.165) is 6.92 Å². The van der Waals surface area contributed by atoms with Crippen molar-refractivity contribution in [3.63, 3.8) is 0 Å². The summed E-state index contributed by atoms with van der Waals surface area (Å²) in [6.07, 6.45) is 0. The van der Waals surface area contributed by atoms with E-state index < -0.39 is 35.0 Å². The number of esters is 2. The Hall–Kier alpha value is -1.72. The van der Waals surface area contributed by atoms with E-state index in [9.17, 15) is 14.4 Å². The van der Waals surface area contributed by atoms with Gasteiger partial charge in [-0.1, -0.05) is 0 Å². The zero-order valence-electron chi connectivity index (χ0n) is 11.3. The molecule has 0 aromatic carbocycles. The Morgan fingerprint density at radius 1 is 1.22 bits per heavy atom. The second-order valence-corrected chi connectivity index (χ2v) is 4.71. The maximum absolute atomic E-state index is 11.8. The van der Waals surface area contributed by atoms with Crippen molar-refractivity contribution in [2.45, 2.75) is 40.2 Å². The fourth-order valence-electron chi connectivity index (χ4n) is 1.17. The molecule has 0 rings (SSSR count). The van der Waals surface area contributed by atoms with Gasteiger partial charge in [-0.15, -0.1) is 0 Å². The summed E-state index contributed by atoms with van der Waals surface area (Å²) in [4.78, 5) is 34.5. The van der Waals surface area contributed by atoms with Gasteiger partial charge in [0.1, 0.15) is 17.1 Å². The minimum absolute atomic E-state index is 0.0696. The van der Waals surface area contributed by atoms with Gasteiger partial charge in [-0.05, 0) is 34.6 Å². The van der Waals surface area contributed by atoms with Crippen LogP contribution >= 0.6 is 0 Å². The van der Waals surface area contributed by atoms with Crippen molar-refractivity contribution in [1.29, 1.82) is 5.41 Å². The molecule has 0 amide bonds. The van der Waals surface area contributed by atoms with E-state index in [0.29, 0.717) is 0 Å². The van der Waals surface area contributed by atoms with Crippen molar-refractivity contribution in [2.75, 3.05) is 6.61 Å². The molecule has 0 aliphatic heterocycles. The van der Waals surface area contributed by atoms with Crippen molar-refractivity contribution in [2.24, 2.45) is 5.92 Å². The fourth-order valence-corrected chi connectivity index (χ4v) is 1.17. The first-order valence-corrected chi connectivity index (χ1v) is 5.59. The number of nitrogens with one attached hydrogen (secondary N) is 1. The number of ether oxygens (including phenoxy) is 2. The smallest absolute Gasteiger partial charge is 0.353 e. The molecule has 18 heavy (non-hydrogen) atoms. The molecule has 0 fully saturated rings. The molecule has 1 N–H and O–H groups in total. The first-order valence-electron chi connectivity index (χ1n) is 5.59. The minimum Gasteiger partial charge on any atom is -0.461 e. The quantitative estimate of drug-likeness (QED) is 0.452. The molecule has 102 valence electrons. The average Bonchev–Trinajstić information content (AvgIpc) is 2.14. The van der Waals surface area contributed by atoms with Crippen LogP contribution in [-0.2, 0) is 23.9 Å². The molecule has 0 aliphatic rings. The highest BCUT2D eigenvalue weighted by atomic mass is 16.6. The molecule has 0 saturated carbocycles. The van der Waals surface area contributed by atoms with Gasteiger partial charge in [-0.3, -0.25) is 15.0 Å². The minimum atomic E-state index is -1.52. The predicted molar refractivity (Wildman–Crippen MR) is 64.4 cm³/mol. The molecule has 1 unspecified atom stereocenters. The van der Waals surface area contributed by atoms with Crippen LogP contribution in [0.25, 0.3) is 0 Å². The topological polar surface area (TPSA) is 93.5 Å². The third-order valence-corrected chi connectivity index (χ3v) is 1.83. The zero-order valence-corrected chi connectivity index (χ0v) is 11.3. The Kier molecular flexibility index (Phi) is 5.68. The molecule has 6 heteroatoms. The molecular weight excluding hydrogens is 238 g/mol. The Labute approximate surface area is 106 Å². The van der Waals surface area contributed by atoms with Gasteiger partial charge in [-0.2, -0.15) is 0 Å². The van der Waals surface area contributed by atoms with Crippen molar-refractivity contribution in [3.05, 3.63) is 0 Å². The number of hydrogen-bond donors (Lipinski definition) is 1. The fraction of sp³-hybridized carbons (Fsp3) is 0.667. The van der Waals surface area contributed by atoms with Crippen LogP contribution in [0.15, 0.2) is 0 Å². The number of Topliss-reactive ketones (excluding diaryl/α,β-unsaturated/α-hetero) is 1. The Bertz CT molecular complexity index is 367. The number of carbonyl (C=O) groups excluding carboxylic acids is 3. The Morgan fingerprint density at radius 3 is 2.06 bits per heavy atom. The lowest BCUT2D eigenvalue weighted by atomic mass is 9.99. The van der Waals surface area contributed by atoms with Crippen LogP contribution in [0.4, 0.5) is 0 Å². The van der Waals surface area contributed by atoms with Crippen LogP contribution in [0, 0.1) is 11.3 Å². The summed E-state index contributed by atoms with van der Waals surface area (Å²) in [7, 11) is 0. The largest absolute Gasteiger partial charge is 0.461 e. The van der Waals surface area contributed by atoms with Gasteiger partial charge in [0, 0.05) is 0 Å². The van der Waals surface area contributed by atoms with Crippen molar-refractivity contribution in [3.8, 4) is 0 Å². The third kappa shape index (κ3) is 5.07. The maximum atomic E-state index is 11.8. The standard InChI is InChI=1S/C12H19NO5/c1-6-17-11(16)9(13)8(7(2)14)10(15)18-12(3,4)5/h8,13H,6H2,1-5H3. The van der Waals surface area contributed by atoms with Gasteiger partial charge < -0.3 is 9.47 Å². The van der Waals surface area contributed by atoms with Gasteiger partial charge in [0.2, 0.25) is 0 Å². The lowest BCUT2D eigenvalue weighted by molar-refractivity contribution is -0.159. The normalized spacial score (nSPS) is 12.5. The Balaban J connectivity index is 4.98. The number of ketones is 1. The predicted octanol–water partition coefficient (Wildman–Crippen LogP) is 1.12. The number of carbonyl (C=O) groups is 3. The first-order chi connectivity index (χ1) is 8.10. The van der Waals surface area contributed by atoms with Gasteiger partial charge in [0.05, 0.1) is 6.61 Å². The summed E-state index contributed by atoms with van der Waals surface area (Å²) in [6, 6.07) is 0.